The number of aliphatic hydroxyl groups is 8. The van der Waals surface area contributed by atoms with E-state index in [9.17, 15) is 50.8 Å². The molecule has 2 saturated heterocycles. The number of benzene rings is 2. The molecule has 43 heavy (non-hydrogen) atoms. The highest BCUT2D eigenvalue weighted by molar-refractivity contribution is 5.88. The van der Waals surface area contributed by atoms with E-state index in [-0.39, 0.29) is 33.8 Å². The quantitative estimate of drug-likeness (QED) is 0.139. The van der Waals surface area contributed by atoms with E-state index in [0.29, 0.717) is 5.56 Å². The third kappa shape index (κ3) is 5.56. The Morgan fingerprint density at radius 2 is 1.40 bits per heavy atom. The van der Waals surface area contributed by atoms with Gasteiger partial charge in [-0.2, -0.15) is 0 Å². The van der Waals surface area contributed by atoms with Crippen molar-refractivity contribution in [3.8, 4) is 28.6 Å². The monoisotopic (exact) mass is 608 g/mol. The van der Waals surface area contributed by atoms with Crippen molar-refractivity contribution in [2.75, 3.05) is 20.3 Å². The number of aliphatic hydroxyl groups excluding tert-OH is 8. The van der Waals surface area contributed by atoms with Crippen LogP contribution in [0.1, 0.15) is 11.7 Å². The molecule has 2 aliphatic heterocycles. The Bertz CT molecular complexity index is 1490. The van der Waals surface area contributed by atoms with E-state index in [4.69, 9.17) is 23.4 Å². The van der Waals surface area contributed by atoms with Crippen molar-refractivity contribution < 1.29 is 69.3 Å². The van der Waals surface area contributed by atoms with E-state index < -0.39 is 85.6 Å². The molecule has 1 aromatic heterocycles. The molecule has 15 heteroatoms. The fourth-order valence-electron chi connectivity index (χ4n) is 5.22. The van der Waals surface area contributed by atoms with E-state index in [1.54, 1.807) is 0 Å². The van der Waals surface area contributed by atoms with Crippen molar-refractivity contribution in [1.82, 2.24) is 0 Å². The zero-order valence-corrected chi connectivity index (χ0v) is 22.6. The number of rotatable bonds is 7. The van der Waals surface area contributed by atoms with Crippen LogP contribution in [-0.4, -0.2) is 121 Å². The molecule has 0 bridgehead atoms. The van der Waals surface area contributed by atoms with E-state index >= 15 is 0 Å². The van der Waals surface area contributed by atoms with Crippen LogP contribution in [0.3, 0.4) is 0 Å². The first kappa shape index (κ1) is 31.1. The topological polar surface area (TPSA) is 249 Å². The van der Waals surface area contributed by atoms with Gasteiger partial charge in [-0.3, -0.25) is 4.79 Å². The zero-order chi connectivity index (χ0) is 31.2. The molecule has 0 radical (unpaired) electrons. The molecule has 5 rings (SSSR count). The van der Waals surface area contributed by atoms with Crippen LogP contribution in [0.2, 0.25) is 0 Å². The number of phenols is 1. The van der Waals surface area contributed by atoms with Crippen LogP contribution in [0.25, 0.3) is 22.3 Å². The summed E-state index contributed by atoms with van der Waals surface area (Å²) in [5, 5.41) is 90.8. The maximum absolute atomic E-state index is 13.2. The third-order valence-electron chi connectivity index (χ3n) is 7.63. The van der Waals surface area contributed by atoms with Crippen LogP contribution in [0.5, 0.6) is 17.2 Å². The van der Waals surface area contributed by atoms with Crippen LogP contribution in [-0.2, 0) is 9.47 Å². The predicted molar refractivity (Wildman–Crippen MR) is 143 cm³/mol. The Morgan fingerprint density at radius 3 is 2.00 bits per heavy atom. The maximum Gasteiger partial charge on any atom is 0.229 e. The summed E-state index contributed by atoms with van der Waals surface area (Å²) < 4.78 is 27.7. The van der Waals surface area contributed by atoms with Gasteiger partial charge in [0.2, 0.25) is 6.29 Å². The van der Waals surface area contributed by atoms with Gasteiger partial charge in [0.1, 0.15) is 88.9 Å². The maximum atomic E-state index is 13.2. The molecular formula is C28H32O15. The second-order valence-corrected chi connectivity index (χ2v) is 10.3. The Kier molecular flexibility index (Phi) is 8.92. The van der Waals surface area contributed by atoms with E-state index in [1.165, 1.54) is 37.4 Å². The summed E-state index contributed by atoms with van der Waals surface area (Å²) in [5.74, 6) is -0.459. The minimum atomic E-state index is -1.75. The van der Waals surface area contributed by atoms with Crippen LogP contribution in [0, 0.1) is 0 Å². The fraction of sp³-hybridized carbons (Fsp3) is 0.464. The highest BCUT2D eigenvalue weighted by Crippen LogP contribution is 2.45. The number of aromatic hydroxyl groups is 1. The molecule has 0 saturated carbocycles. The molecule has 0 unspecified atom stereocenters. The minimum Gasteiger partial charge on any atom is -0.506 e. The van der Waals surface area contributed by atoms with E-state index in [2.05, 4.69) is 0 Å². The van der Waals surface area contributed by atoms with Gasteiger partial charge in [0, 0.05) is 17.7 Å². The van der Waals surface area contributed by atoms with Gasteiger partial charge >= 0.3 is 0 Å². The van der Waals surface area contributed by atoms with Crippen molar-refractivity contribution >= 4 is 11.0 Å². The summed E-state index contributed by atoms with van der Waals surface area (Å²) in [4.78, 5) is 13.2. The van der Waals surface area contributed by atoms with Gasteiger partial charge in [0.05, 0.1) is 25.9 Å². The Balaban J connectivity index is 1.45. The first-order valence-corrected chi connectivity index (χ1v) is 13.3. The predicted octanol–water partition coefficient (Wildman–Crippen LogP) is -2.13. The van der Waals surface area contributed by atoms with Crippen LogP contribution in [0.4, 0.5) is 0 Å². The molecule has 234 valence electrons. The normalized spacial score (nSPS) is 33.0. The summed E-state index contributed by atoms with van der Waals surface area (Å²) in [7, 11) is 1.25. The number of methoxy groups -OCH3 is 1. The van der Waals surface area contributed by atoms with Crippen LogP contribution < -0.4 is 14.9 Å². The van der Waals surface area contributed by atoms with Crippen molar-refractivity contribution in [2.24, 2.45) is 0 Å². The highest BCUT2D eigenvalue weighted by atomic mass is 16.7. The molecule has 2 fully saturated rings. The van der Waals surface area contributed by atoms with Crippen molar-refractivity contribution in [3.63, 3.8) is 0 Å². The molecule has 9 N–H and O–H groups in total. The van der Waals surface area contributed by atoms with Crippen molar-refractivity contribution in [1.29, 1.82) is 0 Å². The molecule has 10 atom stereocenters. The second-order valence-electron chi connectivity index (χ2n) is 10.3. The highest BCUT2D eigenvalue weighted by Gasteiger charge is 2.47. The summed E-state index contributed by atoms with van der Waals surface area (Å²) in [6, 6.07) is 8.35. The minimum absolute atomic E-state index is 0.0714. The smallest absolute Gasteiger partial charge is 0.229 e. The molecule has 0 aliphatic carbocycles. The lowest BCUT2D eigenvalue weighted by Crippen LogP contribution is -2.60. The van der Waals surface area contributed by atoms with E-state index in [1.807, 2.05) is 0 Å². The standard InChI is InChI=1S/C28H32O15/c1-39-14-7-15-18(22(34)19(14)27-25(37)23(35)20(32)16(8-29)42-27)12(31)6-13(41-15)10-2-4-11(5-3-10)40-28-26(38)24(36)21(33)17(9-30)43-28/h2-7,16-17,20-21,23-30,32-38H,8-9H2,1H3/t16-,17+,20-,21+,23+,24-,25-,26+,27+,28+/m0/s1. The summed E-state index contributed by atoms with van der Waals surface area (Å²) in [5.41, 5.74) is -0.561. The number of ether oxygens (including phenoxy) is 4. The lowest BCUT2D eigenvalue weighted by atomic mass is 9.89. The van der Waals surface area contributed by atoms with Gasteiger partial charge in [-0.25, -0.2) is 0 Å². The Morgan fingerprint density at radius 1 is 0.791 bits per heavy atom. The van der Waals surface area contributed by atoms with Gasteiger partial charge in [-0.15, -0.1) is 0 Å². The summed E-state index contributed by atoms with van der Waals surface area (Å²) in [6.45, 7) is -1.31. The van der Waals surface area contributed by atoms with Gasteiger partial charge < -0.3 is 69.3 Å². The summed E-state index contributed by atoms with van der Waals surface area (Å²) in [6.07, 6.45) is -15.2. The molecule has 3 aromatic rings. The third-order valence-corrected chi connectivity index (χ3v) is 7.63. The summed E-state index contributed by atoms with van der Waals surface area (Å²) >= 11 is 0. The van der Waals surface area contributed by atoms with Crippen LogP contribution >= 0.6 is 0 Å². The molecule has 0 amide bonds. The SMILES string of the molecule is COc1cc2oc(-c3ccc(O[C@@H]4O[C@H](CO)[C@@H](O)[C@H](O)[C@H]4O)cc3)cc(=O)c2c(O)c1[C@H]1O[C@@H](CO)[C@H](O)[C@@H](O)[C@@H]1O. The number of hydrogen-bond donors (Lipinski definition) is 9. The zero-order valence-electron chi connectivity index (χ0n) is 22.6. The van der Waals surface area contributed by atoms with Gasteiger partial charge in [0.15, 0.2) is 5.43 Å². The number of hydrogen-bond acceptors (Lipinski definition) is 15. The Hall–Kier alpha value is -3.35. The van der Waals surface area contributed by atoms with E-state index in [0.717, 1.165) is 6.07 Å². The van der Waals surface area contributed by atoms with Crippen molar-refractivity contribution in [2.45, 2.75) is 61.2 Å². The largest absolute Gasteiger partial charge is 0.506 e. The molecular weight excluding hydrogens is 576 g/mol. The molecule has 15 nitrogen and oxygen atoms in total. The molecule has 3 heterocycles. The average molecular weight is 609 g/mol. The van der Waals surface area contributed by atoms with Gasteiger partial charge in [-0.05, 0) is 24.3 Å². The second kappa shape index (κ2) is 12.3. The lowest BCUT2D eigenvalue weighted by molar-refractivity contribution is -0.277. The van der Waals surface area contributed by atoms with Gasteiger partial charge in [0.25, 0.3) is 0 Å². The number of fused-ring (bicyclic) bond motifs is 1. The van der Waals surface area contributed by atoms with Crippen molar-refractivity contribution in [3.05, 3.63) is 52.2 Å². The fourth-order valence-corrected chi connectivity index (χ4v) is 5.22. The molecule has 2 aromatic carbocycles. The molecule has 0 spiro atoms. The number of phenolic OH excluding ortho intramolecular Hbond substituents is 1. The average Bonchev–Trinajstić information content (AvgIpc) is 3.00. The lowest BCUT2D eigenvalue weighted by Gasteiger charge is -2.40. The first-order valence-electron chi connectivity index (χ1n) is 13.3. The Labute approximate surface area is 242 Å². The van der Waals surface area contributed by atoms with Gasteiger partial charge in [-0.1, -0.05) is 0 Å². The van der Waals surface area contributed by atoms with Crippen LogP contribution in [0.15, 0.2) is 45.6 Å². The molecule has 2 aliphatic rings. The first-order chi connectivity index (χ1) is 20.5.